The number of halogens is 2. The maximum absolute atomic E-state index is 12.3. The minimum atomic E-state index is -0.204. The number of rotatable bonds is 7. The first-order valence-corrected chi connectivity index (χ1v) is 9.19. The fourth-order valence-electron chi connectivity index (χ4n) is 2.66. The van der Waals surface area contributed by atoms with Crippen molar-refractivity contribution in [3.63, 3.8) is 0 Å². The maximum atomic E-state index is 12.3. The molecule has 3 rings (SSSR count). The fraction of sp³-hybridized carbons (Fsp3) is 0.316. The van der Waals surface area contributed by atoms with Gasteiger partial charge in [0.1, 0.15) is 12.4 Å². The predicted octanol–water partition coefficient (Wildman–Crippen LogP) is 4.60. The van der Waals surface area contributed by atoms with Gasteiger partial charge in [0.05, 0.1) is 29.0 Å². The Hall–Kier alpha value is -1.95. The van der Waals surface area contributed by atoms with Crippen molar-refractivity contribution < 1.29 is 14.3 Å². The Balaban J connectivity index is 1.55. The number of para-hydroxylation sites is 2. The molecule has 138 valence electrons. The molecule has 1 amide bonds. The van der Waals surface area contributed by atoms with Crippen LogP contribution in [0.1, 0.15) is 12.8 Å². The molecule has 1 heterocycles. The Morgan fingerprint density at radius 3 is 2.81 bits per heavy atom. The molecule has 2 aromatic carbocycles. The van der Waals surface area contributed by atoms with E-state index in [1.54, 1.807) is 24.3 Å². The molecule has 5 nitrogen and oxygen atoms in total. The highest BCUT2D eigenvalue weighted by Gasteiger charge is 2.17. The first-order valence-electron chi connectivity index (χ1n) is 8.44. The summed E-state index contributed by atoms with van der Waals surface area (Å²) in [5.74, 6) is 0.421. The zero-order valence-corrected chi connectivity index (χ0v) is 15.6. The summed E-state index contributed by atoms with van der Waals surface area (Å²) in [7, 11) is 0. The van der Waals surface area contributed by atoms with Crippen LogP contribution < -0.4 is 15.4 Å². The average molecular weight is 395 g/mol. The van der Waals surface area contributed by atoms with Crippen LogP contribution in [-0.2, 0) is 9.53 Å². The van der Waals surface area contributed by atoms with Gasteiger partial charge in [-0.1, -0.05) is 35.3 Å². The molecule has 1 saturated heterocycles. The van der Waals surface area contributed by atoms with E-state index < -0.39 is 0 Å². The van der Waals surface area contributed by atoms with Crippen LogP contribution in [0.25, 0.3) is 0 Å². The molecule has 2 N–H and O–H groups in total. The normalized spacial score (nSPS) is 16.3. The Kier molecular flexibility index (Phi) is 6.61. The van der Waals surface area contributed by atoms with Crippen molar-refractivity contribution in [3.8, 4) is 5.75 Å². The van der Waals surface area contributed by atoms with Crippen molar-refractivity contribution in [2.24, 2.45) is 0 Å². The SMILES string of the molecule is O=C(CNc1ccc(Cl)cc1Cl)Nc1ccccc1OCC1CCCO1. The van der Waals surface area contributed by atoms with E-state index in [9.17, 15) is 4.79 Å². The summed E-state index contributed by atoms with van der Waals surface area (Å²) in [6, 6.07) is 12.4. The van der Waals surface area contributed by atoms with Gasteiger partial charge in [0.25, 0.3) is 0 Å². The van der Waals surface area contributed by atoms with Crippen molar-refractivity contribution in [3.05, 3.63) is 52.5 Å². The van der Waals surface area contributed by atoms with Crippen molar-refractivity contribution in [1.82, 2.24) is 0 Å². The quantitative estimate of drug-likeness (QED) is 0.719. The minimum absolute atomic E-state index is 0.0709. The summed E-state index contributed by atoms with van der Waals surface area (Å²) < 4.78 is 11.4. The van der Waals surface area contributed by atoms with E-state index in [0.717, 1.165) is 19.4 Å². The van der Waals surface area contributed by atoms with Gasteiger partial charge in [-0.3, -0.25) is 4.79 Å². The molecule has 1 fully saturated rings. The molecular weight excluding hydrogens is 375 g/mol. The lowest BCUT2D eigenvalue weighted by Gasteiger charge is -2.15. The first kappa shape index (κ1) is 18.8. The number of nitrogens with one attached hydrogen (secondary N) is 2. The monoisotopic (exact) mass is 394 g/mol. The highest BCUT2D eigenvalue weighted by Crippen LogP contribution is 2.26. The van der Waals surface area contributed by atoms with Gasteiger partial charge in [0.15, 0.2) is 0 Å². The number of amides is 1. The molecule has 1 aliphatic rings. The second-order valence-corrected chi connectivity index (χ2v) is 6.81. The standard InChI is InChI=1S/C19H20Cl2N2O3/c20-13-7-8-16(15(21)10-13)22-11-19(24)23-17-5-1-2-6-18(17)26-12-14-4-3-9-25-14/h1-2,5-8,10,14,22H,3-4,9,11-12H2,(H,23,24). The van der Waals surface area contributed by atoms with E-state index in [-0.39, 0.29) is 18.6 Å². The topological polar surface area (TPSA) is 59.6 Å². The molecule has 1 aliphatic heterocycles. The molecule has 1 atom stereocenters. The third-order valence-corrected chi connectivity index (χ3v) is 4.53. The number of hydrogen-bond donors (Lipinski definition) is 2. The minimum Gasteiger partial charge on any atom is -0.489 e. The summed E-state index contributed by atoms with van der Waals surface area (Å²) >= 11 is 12.0. The summed E-state index contributed by atoms with van der Waals surface area (Å²) in [5.41, 5.74) is 1.27. The molecule has 7 heteroatoms. The van der Waals surface area contributed by atoms with Crippen LogP contribution in [0.4, 0.5) is 11.4 Å². The molecule has 0 aromatic heterocycles. The largest absolute Gasteiger partial charge is 0.489 e. The number of anilines is 2. The zero-order valence-electron chi connectivity index (χ0n) is 14.1. The lowest BCUT2D eigenvalue weighted by Crippen LogP contribution is -2.23. The lowest BCUT2D eigenvalue weighted by atomic mass is 10.2. The summed E-state index contributed by atoms with van der Waals surface area (Å²) in [6.45, 7) is 1.33. The Morgan fingerprint density at radius 2 is 2.04 bits per heavy atom. The van der Waals surface area contributed by atoms with E-state index >= 15 is 0 Å². The van der Waals surface area contributed by atoms with Crippen LogP contribution in [0.3, 0.4) is 0 Å². The first-order chi connectivity index (χ1) is 12.6. The molecule has 1 unspecified atom stereocenters. The summed E-state index contributed by atoms with van der Waals surface area (Å²) in [4.78, 5) is 12.3. The number of carbonyl (C=O) groups is 1. The van der Waals surface area contributed by atoms with Gasteiger partial charge < -0.3 is 20.1 Å². The molecule has 0 radical (unpaired) electrons. The highest BCUT2D eigenvalue weighted by molar-refractivity contribution is 6.36. The highest BCUT2D eigenvalue weighted by atomic mass is 35.5. The van der Waals surface area contributed by atoms with Gasteiger partial charge in [-0.2, -0.15) is 0 Å². The van der Waals surface area contributed by atoms with Gasteiger partial charge in [-0.25, -0.2) is 0 Å². The molecule has 2 aromatic rings. The smallest absolute Gasteiger partial charge is 0.243 e. The van der Waals surface area contributed by atoms with E-state index in [1.165, 1.54) is 0 Å². The summed E-state index contributed by atoms with van der Waals surface area (Å²) in [6.07, 6.45) is 2.18. The molecular formula is C19H20Cl2N2O3. The van der Waals surface area contributed by atoms with Gasteiger partial charge in [0.2, 0.25) is 5.91 Å². The third kappa shape index (κ3) is 5.27. The van der Waals surface area contributed by atoms with Crippen molar-refractivity contribution in [2.75, 3.05) is 30.4 Å². The van der Waals surface area contributed by atoms with Crippen LogP contribution >= 0.6 is 23.2 Å². The third-order valence-electron chi connectivity index (χ3n) is 3.98. The van der Waals surface area contributed by atoms with Crippen LogP contribution in [0, 0.1) is 0 Å². The fourth-order valence-corrected chi connectivity index (χ4v) is 3.13. The zero-order chi connectivity index (χ0) is 18.4. The molecule has 26 heavy (non-hydrogen) atoms. The van der Waals surface area contributed by atoms with Gasteiger partial charge >= 0.3 is 0 Å². The van der Waals surface area contributed by atoms with Crippen LogP contribution in [-0.4, -0.2) is 31.8 Å². The molecule has 0 saturated carbocycles. The van der Waals surface area contributed by atoms with Crippen LogP contribution in [0.2, 0.25) is 10.0 Å². The van der Waals surface area contributed by atoms with Gasteiger partial charge in [-0.15, -0.1) is 0 Å². The van der Waals surface area contributed by atoms with Gasteiger partial charge in [0, 0.05) is 11.6 Å². The number of ether oxygens (including phenoxy) is 2. The molecule has 0 bridgehead atoms. The average Bonchev–Trinajstić information content (AvgIpc) is 3.14. The number of carbonyl (C=O) groups excluding carboxylic acids is 1. The Bertz CT molecular complexity index is 764. The van der Waals surface area contributed by atoms with Crippen LogP contribution in [0.5, 0.6) is 5.75 Å². The lowest BCUT2D eigenvalue weighted by molar-refractivity contribution is -0.114. The number of benzene rings is 2. The van der Waals surface area contributed by atoms with E-state index in [1.807, 2.05) is 18.2 Å². The van der Waals surface area contributed by atoms with E-state index in [4.69, 9.17) is 32.7 Å². The van der Waals surface area contributed by atoms with E-state index in [2.05, 4.69) is 10.6 Å². The molecule has 0 spiro atoms. The molecule has 0 aliphatic carbocycles. The Morgan fingerprint density at radius 1 is 1.19 bits per heavy atom. The van der Waals surface area contributed by atoms with Crippen LogP contribution in [0.15, 0.2) is 42.5 Å². The second-order valence-electron chi connectivity index (χ2n) is 5.97. The van der Waals surface area contributed by atoms with Crippen molar-refractivity contribution in [2.45, 2.75) is 18.9 Å². The van der Waals surface area contributed by atoms with Crippen molar-refractivity contribution >= 4 is 40.5 Å². The maximum Gasteiger partial charge on any atom is 0.243 e. The van der Waals surface area contributed by atoms with Crippen molar-refractivity contribution in [1.29, 1.82) is 0 Å². The predicted molar refractivity (Wildman–Crippen MR) is 104 cm³/mol. The second kappa shape index (κ2) is 9.12. The Labute approximate surface area is 162 Å². The van der Waals surface area contributed by atoms with E-state index in [0.29, 0.717) is 33.8 Å². The number of hydrogen-bond acceptors (Lipinski definition) is 4. The van der Waals surface area contributed by atoms with Gasteiger partial charge in [-0.05, 0) is 43.2 Å². The summed E-state index contributed by atoms with van der Waals surface area (Å²) in [5, 5.41) is 6.85.